The SMILES string of the molecule is Fc1cncc2c(Cl)nc(Cl)nc12. The number of fused-ring (bicyclic) bond motifs is 1. The summed E-state index contributed by atoms with van der Waals surface area (Å²) >= 11 is 11.2. The maximum absolute atomic E-state index is 13.1. The first-order valence-corrected chi connectivity index (χ1v) is 4.06. The second-order valence-electron chi connectivity index (χ2n) is 2.30. The molecule has 0 saturated heterocycles. The Balaban J connectivity index is 2.94. The summed E-state index contributed by atoms with van der Waals surface area (Å²) in [5.41, 5.74) is 0.0833. The molecule has 0 fully saturated rings. The lowest BCUT2D eigenvalue weighted by Crippen LogP contribution is -1.91. The Hall–Kier alpha value is -1.00. The fraction of sp³-hybridized carbons (Fsp3) is 0. The molecule has 2 aromatic heterocycles. The number of hydrogen-bond donors (Lipinski definition) is 0. The molecular formula is C7H2Cl2FN3. The van der Waals surface area contributed by atoms with E-state index in [1.807, 2.05) is 0 Å². The lowest BCUT2D eigenvalue weighted by molar-refractivity contribution is 0.630. The zero-order valence-electron chi connectivity index (χ0n) is 6.13. The maximum atomic E-state index is 13.1. The van der Waals surface area contributed by atoms with Crippen LogP contribution in [0.15, 0.2) is 12.4 Å². The van der Waals surface area contributed by atoms with Crippen LogP contribution in [0.1, 0.15) is 0 Å². The fourth-order valence-corrected chi connectivity index (χ4v) is 1.38. The van der Waals surface area contributed by atoms with Crippen molar-refractivity contribution in [1.82, 2.24) is 15.0 Å². The van der Waals surface area contributed by atoms with Crippen LogP contribution >= 0.6 is 23.2 Å². The highest BCUT2D eigenvalue weighted by Crippen LogP contribution is 2.22. The number of pyridine rings is 1. The Morgan fingerprint density at radius 3 is 2.69 bits per heavy atom. The van der Waals surface area contributed by atoms with Gasteiger partial charge in [0.15, 0.2) is 5.82 Å². The monoisotopic (exact) mass is 217 g/mol. The molecule has 66 valence electrons. The van der Waals surface area contributed by atoms with Gasteiger partial charge < -0.3 is 0 Å². The van der Waals surface area contributed by atoms with Gasteiger partial charge in [0.05, 0.1) is 11.6 Å². The van der Waals surface area contributed by atoms with Crippen molar-refractivity contribution in [2.75, 3.05) is 0 Å². The number of hydrogen-bond acceptors (Lipinski definition) is 3. The normalized spacial score (nSPS) is 10.7. The van der Waals surface area contributed by atoms with E-state index in [-0.39, 0.29) is 16.0 Å². The molecule has 0 aromatic carbocycles. The molecule has 2 heterocycles. The van der Waals surface area contributed by atoms with E-state index < -0.39 is 5.82 Å². The van der Waals surface area contributed by atoms with Crippen LogP contribution in [0.4, 0.5) is 4.39 Å². The van der Waals surface area contributed by atoms with E-state index in [9.17, 15) is 4.39 Å². The molecule has 0 N–H and O–H groups in total. The van der Waals surface area contributed by atoms with Gasteiger partial charge in [-0.25, -0.2) is 14.4 Å². The van der Waals surface area contributed by atoms with Crippen LogP contribution in [0, 0.1) is 5.82 Å². The molecule has 13 heavy (non-hydrogen) atoms. The van der Waals surface area contributed by atoms with Gasteiger partial charge in [-0.15, -0.1) is 0 Å². The molecule has 0 aliphatic carbocycles. The van der Waals surface area contributed by atoms with Gasteiger partial charge in [0, 0.05) is 6.20 Å². The van der Waals surface area contributed by atoms with Crippen LogP contribution in [0.25, 0.3) is 10.9 Å². The van der Waals surface area contributed by atoms with E-state index in [0.717, 1.165) is 6.20 Å². The van der Waals surface area contributed by atoms with E-state index in [1.54, 1.807) is 0 Å². The Morgan fingerprint density at radius 1 is 1.15 bits per heavy atom. The smallest absolute Gasteiger partial charge is 0.224 e. The predicted molar refractivity (Wildman–Crippen MR) is 47.3 cm³/mol. The van der Waals surface area contributed by atoms with Gasteiger partial charge in [-0.3, -0.25) is 4.98 Å². The van der Waals surface area contributed by atoms with E-state index in [2.05, 4.69) is 15.0 Å². The van der Waals surface area contributed by atoms with Crippen molar-refractivity contribution in [1.29, 1.82) is 0 Å². The molecule has 6 heteroatoms. The first-order chi connectivity index (χ1) is 6.18. The van der Waals surface area contributed by atoms with Gasteiger partial charge in [0.25, 0.3) is 0 Å². The summed E-state index contributed by atoms with van der Waals surface area (Å²) in [5.74, 6) is -0.566. The molecule has 0 spiro atoms. The zero-order valence-corrected chi connectivity index (χ0v) is 7.64. The summed E-state index contributed by atoms with van der Waals surface area (Å²) in [7, 11) is 0. The number of rotatable bonds is 0. The molecule has 2 aromatic rings. The first-order valence-electron chi connectivity index (χ1n) is 3.31. The van der Waals surface area contributed by atoms with Crippen LogP contribution in [0.3, 0.4) is 0 Å². The minimum Gasteiger partial charge on any atom is -0.261 e. The largest absolute Gasteiger partial charge is 0.261 e. The Bertz CT molecular complexity index is 474. The van der Waals surface area contributed by atoms with E-state index in [1.165, 1.54) is 6.20 Å². The lowest BCUT2D eigenvalue weighted by atomic mass is 10.3. The van der Waals surface area contributed by atoms with Crippen molar-refractivity contribution < 1.29 is 4.39 Å². The molecule has 0 atom stereocenters. The van der Waals surface area contributed by atoms with E-state index in [0.29, 0.717) is 5.39 Å². The van der Waals surface area contributed by atoms with E-state index in [4.69, 9.17) is 23.2 Å². The third-order valence-corrected chi connectivity index (χ3v) is 1.95. The van der Waals surface area contributed by atoms with Crippen molar-refractivity contribution >= 4 is 34.1 Å². The van der Waals surface area contributed by atoms with E-state index >= 15 is 0 Å². The highest BCUT2D eigenvalue weighted by molar-refractivity contribution is 6.35. The predicted octanol–water partition coefficient (Wildman–Crippen LogP) is 2.47. The van der Waals surface area contributed by atoms with Crippen molar-refractivity contribution in [2.24, 2.45) is 0 Å². The molecule has 0 unspecified atom stereocenters. The van der Waals surface area contributed by atoms with Crippen LogP contribution in [-0.2, 0) is 0 Å². The molecule has 2 rings (SSSR count). The summed E-state index contributed by atoms with van der Waals surface area (Å²) in [6, 6.07) is 0. The maximum Gasteiger partial charge on any atom is 0.224 e. The van der Waals surface area contributed by atoms with Crippen LogP contribution in [0.5, 0.6) is 0 Å². The summed E-state index contributed by atoms with van der Waals surface area (Å²) in [5, 5.41) is 0.371. The minimum atomic E-state index is -0.566. The van der Waals surface area contributed by atoms with Crippen molar-refractivity contribution in [2.45, 2.75) is 0 Å². The van der Waals surface area contributed by atoms with Crippen LogP contribution in [-0.4, -0.2) is 15.0 Å². The molecule has 0 bridgehead atoms. The fourth-order valence-electron chi connectivity index (χ4n) is 0.951. The topological polar surface area (TPSA) is 38.7 Å². The second kappa shape index (κ2) is 3.05. The second-order valence-corrected chi connectivity index (χ2v) is 3.00. The van der Waals surface area contributed by atoms with Crippen LogP contribution < -0.4 is 0 Å². The third-order valence-electron chi connectivity index (χ3n) is 1.49. The summed E-state index contributed by atoms with van der Waals surface area (Å²) in [6.45, 7) is 0. The standard InChI is InChI=1S/C7H2Cl2FN3/c8-6-3-1-11-2-4(10)5(3)12-7(9)13-6/h1-2H. The quantitative estimate of drug-likeness (QED) is 0.503. The van der Waals surface area contributed by atoms with Gasteiger partial charge in [-0.2, -0.15) is 0 Å². The molecule has 0 aliphatic rings. The highest BCUT2D eigenvalue weighted by atomic mass is 35.5. The van der Waals surface area contributed by atoms with Crippen molar-refractivity contribution in [3.05, 3.63) is 28.6 Å². The minimum absolute atomic E-state index is 0.0809. The Kier molecular flexibility index (Phi) is 2.01. The highest BCUT2D eigenvalue weighted by Gasteiger charge is 2.08. The van der Waals surface area contributed by atoms with Gasteiger partial charge in [0.1, 0.15) is 10.7 Å². The molecule has 3 nitrogen and oxygen atoms in total. The summed E-state index contributed by atoms with van der Waals surface area (Å²) < 4.78 is 13.1. The number of nitrogens with zero attached hydrogens (tertiary/aromatic N) is 3. The third kappa shape index (κ3) is 1.43. The van der Waals surface area contributed by atoms with Gasteiger partial charge >= 0.3 is 0 Å². The van der Waals surface area contributed by atoms with Gasteiger partial charge in [-0.1, -0.05) is 11.6 Å². The Morgan fingerprint density at radius 2 is 1.92 bits per heavy atom. The zero-order chi connectivity index (χ0) is 9.42. The molecule has 0 radical (unpaired) electrons. The molecule has 0 aliphatic heterocycles. The average Bonchev–Trinajstić information content (AvgIpc) is 2.07. The van der Waals surface area contributed by atoms with Crippen molar-refractivity contribution in [3.8, 4) is 0 Å². The first kappa shape index (κ1) is 8.59. The van der Waals surface area contributed by atoms with Gasteiger partial charge in [0.2, 0.25) is 5.28 Å². The molecule has 0 saturated carbocycles. The molecule has 0 amide bonds. The summed E-state index contributed by atoms with van der Waals surface area (Å²) in [6.07, 6.45) is 2.43. The average molecular weight is 218 g/mol. The van der Waals surface area contributed by atoms with Gasteiger partial charge in [-0.05, 0) is 11.6 Å². The lowest BCUT2D eigenvalue weighted by Gasteiger charge is -1.99. The summed E-state index contributed by atoms with van der Waals surface area (Å²) in [4.78, 5) is 11.0. The number of aromatic nitrogens is 3. The van der Waals surface area contributed by atoms with Crippen molar-refractivity contribution in [3.63, 3.8) is 0 Å². The Labute approximate surface area is 82.5 Å². The number of halogens is 3. The van der Waals surface area contributed by atoms with Crippen LogP contribution in [0.2, 0.25) is 10.4 Å². The molecular weight excluding hydrogens is 216 g/mol.